The number of pyridine rings is 1. The lowest BCUT2D eigenvalue weighted by Crippen LogP contribution is -2.28. The smallest absolute Gasteiger partial charge is 0.435 e. The average Bonchev–Trinajstić information content (AvgIpc) is 2.52. The van der Waals surface area contributed by atoms with Crippen LogP contribution in [0.2, 0.25) is 0 Å². The highest BCUT2D eigenvalue weighted by Gasteiger charge is 2.32. The third-order valence-electron chi connectivity index (χ3n) is 3.33. The molecule has 2 aromatic rings. The van der Waals surface area contributed by atoms with E-state index in [0.717, 1.165) is 23.9 Å². The summed E-state index contributed by atoms with van der Waals surface area (Å²) in [5, 5.41) is 10.0. The topological polar surface area (TPSA) is 59.9 Å². The van der Waals surface area contributed by atoms with E-state index in [4.69, 9.17) is 4.74 Å². The number of hydrogen-bond acceptors (Lipinski definition) is 5. The molecule has 1 aliphatic rings. The zero-order valence-electron chi connectivity index (χ0n) is 11.5. The van der Waals surface area contributed by atoms with Crippen LogP contribution in [0.15, 0.2) is 30.5 Å². The summed E-state index contributed by atoms with van der Waals surface area (Å²) in [6, 6.07) is 5.87. The highest BCUT2D eigenvalue weighted by molar-refractivity contribution is 5.31. The molecule has 0 bridgehead atoms. The second-order valence-electron chi connectivity index (χ2n) is 4.87. The maximum absolute atomic E-state index is 12.4. The number of halogens is 3. The summed E-state index contributed by atoms with van der Waals surface area (Å²) in [6.07, 6.45) is -2.05. The molecule has 0 fully saturated rings. The minimum Gasteiger partial charge on any atom is -0.492 e. The Morgan fingerprint density at radius 1 is 1.23 bits per heavy atom. The van der Waals surface area contributed by atoms with Crippen LogP contribution in [0.3, 0.4) is 0 Å². The van der Waals surface area contributed by atoms with Crippen molar-refractivity contribution in [3.05, 3.63) is 47.5 Å². The van der Waals surface area contributed by atoms with Crippen molar-refractivity contribution in [2.75, 3.05) is 6.61 Å². The Hall–Kier alpha value is -2.22. The molecule has 1 N–H and O–H groups in total. The number of alkyl halides is 3. The van der Waals surface area contributed by atoms with E-state index in [1.54, 1.807) is 12.3 Å². The van der Waals surface area contributed by atoms with Gasteiger partial charge in [0.25, 0.3) is 0 Å². The van der Waals surface area contributed by atoms with Gasteiger partial charge in [-0.25, -0.2) is 0 Å². The molecule has 1 unspecified atom stereocenters. The fourth-order valence-corrected chi connectivity index (χ4v) is 2.24. The van der Waals surface area contributed by atoms with Crippen molar-refractivity contribution in [1.82, 2.24) is 20.5 Å². The van der Waals surface area contributed by atoms with Gasteiger partial charge in [-0.1, -0.05) is 0 Å². The van der Waals surface area contributed by atoms with E-state index in [0.29, 0.717) is 18.8 Å². The van der Waals surface area contributed by atoms with E-state index < -0.39 is 11.9 Å². The van der Waals surface area contributed by atoms with Gasteiger partial charge in [0.15, 0.2) is 5.69 Å². The van der Waals surface area contributed by atoms with Gasteiger partial charge >= 0.3 is 6.18 Å². The van der Waals surface area contributed by atoms with Crippen LogP contribution in [0.25, 0.3) is 0 Å². The van der Waals surface area contributed by atoms with Crippen LogP contribution in [-0.4, -0.2) is 21.8 Å². The van der Waals surface area contributed by atoms with E-state index in [1.165, 1.54) is 6.07 Å². The van der Waals surface area contributed by atoms with Gasteiger partial charge in [0.05, 0.1) is 24.0 Å². The van der Waals surface area contributed by atoms with Gasteiger partial charge in [0, 0.05) is 19.2 Å². The van der Waals surface area contributed by atoms with Crippen molar-refractivity contribution in [1.29, 1.82) is 0 Å². The normalized spacial score (nSPS) is 17.7. The van der Waals surface area contributed by atoms with Crippen molar-refractivity contribution < 1.29 is 17.9 Å². The molecule has 0 radical (unpaired) electrons. The van der Waals surface area contributed by atoms with Gasteiger partial charge in [-0.2, -0.15) is 18.3 Å². The number of aromatic nitrogens is 3. The van der Waals surface area contributed by atoms with Gasteiger partial charge in [-0.3, -0.25) is 4.98 Å². The Morgan fingerprint density at radius 3 is 2.82 bits per heavy atom. The van der Waals surface area contributed by atoms with E-state index in [2.05, 4.69) is 20.5 Å². The van der Waals surface area contributed by atoms with E-state index in [1.807, 2.05) is 6.07 Å². The fraction of sp³-hybridized carbons (Fsp3) is 0.357. The molecule has 5 nitrogen and oxygen atoms in total. The molecule has 0 aliphatic carbocycles. The summed E-state index contributed by atoms with van der Waals surface area (Å²) in [7, 11) is 0. The molecule has 0 spiro atoms. The molecule has 22 heavy (non-hydrogen) atoms. The lowest BCUT2D eigenvalue weighted by molar-refractivity contribution is -0.141. The Balaban J connectivity index is 1.66. The lowest BCUT2D eigenvalue weighted by atomic mass is 10.1. The van der Waals surface area contributed by atoms with E-state index in [-0.39, 0.29) is 6.04 Å². The monoisotopic (exact) mass is 310 g/mol. The maximum atomic E-state index is 12.4. The molecule has 0 amide bonds. The van der Waals surface area contributed by atoms with Crippen molar-refractivity contribution in [2.24, 2.45) is 0 Å². The molecule has 0 saturated carbocycles. The standard InChI is InChI=1S/C14H13F3N4O/c15-14(16,17)12-4-3-9(20-21-12)8-19-10-5-7-22-11-2-1-6-18-13(10)11/h1-4,6,10,19H,5,7-8H2. The largest absolute Gasteiger partial charge is 0.492 e. The Morgan fingerprint density at radius 2 is 2.09 bits per heavy atom. The highest BCUT2D eigenvalue weighted by atomic mass is 19.4. The molecule has 1 atom stereocenters. The van der Waals surface area contributed by atoms with Gasteiger partial charge in [-0.05, 0) is 24.3 Å². The first-order chi connectivity index (χ1) is 10.5. The number of nitrogens with one attached hydrogen (secondary N) is 1. The van der Waals surface area contributed by atoms with Crippen LogP contribution >= 0.6 is 0 Å². The molecule has 0 saturated heterocycles. The minimum absolute atomic E-state index is 0.0194. The van der Waals surface area contributed by atoms with Crippen LogP contribution < -0.4 is 10.1 Å². The Kier molecular flexibility index (Phi) is 3.93. The number of nitrogens with zero attached hydrogens (tertiary/aromatic N) is 3. The van der Waals surface area contributed by atoms with Crippen LogP contribution in [-0.2, 0) is 12.7 Å². The quantitative estimate of drug-likeness (QED) is 0.944. The molecule has 0 aromatic carbocycles. The van der Waals surface area contributed by atoms with Crippen molar-refractivity contribution in [3.8, 4) is 5.75 Å². The van der Waals surface area contributed by atoms with Gasteiger partial charge in [0.2, 0.25) is 0 Å². The first-order valence-electron chi connectivity index (χ1n) is 6.75. The zero-order valence-corrected chi connectivity index (χ0v) is 11.5. The molecular weight excluding hydrogens is 297 g/mol. The second kappa shape index (κ2) is 5.88. The van der Waals surface area contributed by atoms with Gasteiger partial charge in [0.1, 0.15) is 5.75 Å². The molecule has 1 aliphatic heterocycles. The summed E-state index contributed by atoms with van der Waals surface area (Å²) in [5.74, 6) is 0.727. The van der Waals surface area contributed by atoms with Crippen LogP contribution in [0.1, 0.15) is 29.5 Å². The molecule has 3 heterocycles. The second-order valence-corrected chi connectivity index (χ2v) is 4.87. The predicted octanol–water partition coefficient (Wildman–Crippen LogP) is 2.50. The summed E-state index contributed by atoms with van der Waals surface area (Å²) >= 11 is 0. The highest BCUT2D eigenvalue weighted by Crippen LogP contribution is 2.30. The summed E-state index contributed by atoms with van der Waals surface area (Å²) < 4.78 is 42.8. The predicted molar refractivity (Wildman–Crippen MR) is 71.0 cm³/mol. The Labute approximate surface area is 124 Å². The zero-order chi connectivity index (χ0) is 15.6. The maximum Gasteiger partial charge on any atom is 0.435 e. The minimum atomic E-state index is -4.47. The first-order valence-corrected chi connectivity index (χ1v) is 6.75. The molecule has 3 rings (SSSR count). The SMILES string of the molecule is FC(F)(F)c1ccc(CNC2CCOc3cccnc32)nn1. The van der Waals surface area contributed by atoms with Crippen LogP contribution in [0.4, 0.5) is 13.2 Å². The van der Waals surface area contributed by atoms with E-state index >= 15 is 0 Å². The first kappa shape index (κ1) is 14.7. The third kappa shape index (κ3) is 3.16. The van der Waals surface area contributed by atoms with Gasteiger partial charge in [-0.15, -0.1) is 5.10 Å². The number of hydrogen-bond donors (Lipinski definition) is 1. The molecule has 8 heteroatoms. The fourth-order valence-electron chi connectivity index (χ4n) is 2.24. The number of ether oxygens (including phenoxy) is 1. The van der Waals surface area contributed by atoms with Crippen molar-refractivity contribution >= 4 is 0 Å². The summed E-state index contributed by atoms with van der Waals surface area (Å²) in [4.78, 5) is 4.29. The van der Waals surface area contributed by atoms with Crippen LogP contribution in [0, 0.1) is 0 Å². The average molecular weight is 310 g/mol. The molecule has 116 valence electrons. The van der Waals surface area contributed by atoms with Crippen LogP contribution in [0.5, 0.6) is 5.75 Å². The molecular formula is C14H13F3N4O. The van der Waals surface area contributed by atoms with Crippen molar-refractivity contribution in [2.45, 2.75) is 25.2 Å². The molecule has 2 aromatic heterocycles. The summed E-state index contributed by atoms with van der Waals surface area (Å²) in [5.41, 5.74) is 0.250. The van der Waals surface area contributed by atoms with Crippen molar-refractivity contribution in [3.63, 3.8) is 0 Å². The van der Waals surface area contributed by atoms with Gasteiger partial charge < -0.3 is 10.1 Å². The third-order valence-corrected chi connectivity index (χ3v) is 3.33. The number of rotatable bonds is 3. The van der Waals surface area contributed by atoms with E-state index in [9.17, 15) is 13.2 Å². The lowest BCUT2D eigenvalue weighted by Gasteiger charge is -2.25. The summed E-state index contributed by atoms with van der Waals surface area (Å²) in [6.45, 7) is 0.876. The Bertz CT molecular complexity index is 645. The number of fused-ring (bicyclic) bond motifs is 1.